The first-order chi connectivity index (χ1) is 12.8. The van der Waals surface area contributed by atoms with Gasteiger partial charge in [-0.25, -0.2) is 22.2 Å². The Labute approximate surface area is 153 Å². The monoisotopic (exact) mass is 397 g/mol. The SMILES string of the molecule is CCS(=O)(=O)CC(C)Nc1n[nH]c2nc(Oc3ccc(F)cc3F)ncc12. The Hall–Kier alpha value is -2.82. The second-order valence-electron chi connectivity index (χ2n) is 5.91. The highest BCUT2D eigenvalue weighted by Crippen LogP contribution is 2.25. The van der Waals surface area contributed by atoms with E-state index in [1.54, 1.807) is 13.8 Å². The van der Waals surface area contributed by atoms with E-state index in [2.05, 4.69) is 25.5 Å². The highest BCUT2D eigenvalue weighted by Gasteiger charge is 2.17. The van der Waals surface area contributed by atoms with Crippen LogP contribution in [0.3, 0.4) is 0 Å². The number of fused-ring (bicyclic) bond motifs is 1. The van der Waals surface area contributed by atoms with Crippen LogP contribution in [0.15, 0.2) is 24.4 Å². The van der Waals surface area contributed by atoms with E-state index in [9.17, 15) is 17.2 Å². The minimum Gasteiger partial charge on any atom is -0.421 e. The first kappa shape index (κ1) is 19.0. The van der Waals surface area contributed by atoms with E-state index in [0.717, 1.165) is 12.1 Å². The lowest BCUT2D eigenvalue weighted by Gasteiger charge is -2.12. The van der Waals surface area contributed by atoms with E-state index < -0.39 is 21.5 Å². The van der Waals surface area contributed by atoms with Crippen LogP contribution in [0.2, 0.25) is 0 Å². The van der Waals surface area contributed by atoms with Crippen LogP contribution >= 0.6 is 0 Å². The third-order valence-electron chi connectivity index (χ3n) is 3.72. The summed E-state index contributed by atoms with van der Waals surface area (Å²) < 4.78 is 55.2. The molecule has 0 saturated carbocycles. The summed E-state index contributed by atoms with van der Waals surface area (Å²) in [5, 5.41) is 10.2. The molecule has 144 valence electrons. The van der Waals surface area contributed by atoms with E-state index >= 15 is 0 Å². The molecule has 1 aromatic carbocycles. The van der Waals surface area contributed by atoms with Gasteiger partial charge in [0.25, 0.3) is 0 Å². The van der Waals surface area contributed by atoms with Crippen molar-refractivity contribution in [3.8, 4) is 11.8 Å². The molecule has 27 heavy (non-hydrogen) atoms. The van der Waals surface area contributed by atoms with Crippen molar-refractivity contribution in [3.05, 3.63) is 36.0 Å². The Morgan fingerprint density at radius 2 is 2.11 bits per heavy atom. The Balaban J connectivity index is 1.78. The summed E-state index contributed by atoms with van der Waals surface area (Å²) in [6.45, 7) is 3.31. The highest BCUT2D eigenvalue weighted by atomic mass is 32.2. The third-order valence-corrected chi connectivity index (χ3v) is 5.60. The van der Waals surface area contributed by atoms with Gasteiger partial charge in [0.1, 0.15) is 5.82 Å². The molecule has 1 unspecified atom stereocenters. The van der Waals surface area contributed by atoms with Gasteiger partial charge >= 0.3 is 6.01 Å². The van der Waals surface area contributed by atoms with E-state index in [-0.39, 0.29) is 29.3 Å². The van der Waals surface area contributed by atoms with Crippen molar-refractivity contribution in [2.24, 2.45) is 0 Å². The lowest BCUT2D eigenvalue weighted by molar-refractivity contribution is 0.409. The van der Waals surface area contributed by atoms with Gasteiger partial charge in [-0.3, -0.25) is 5.10 Å². The fraction of sp³-hybridized carbons (Fsp3) is 0.312. The van der Waals surface area contributed by atoms with Crippen LogP contribution < -0.4 is 10.1 Å². The largest absolute Gasteiger partial charge is 0.421 e. The first-order valence-corrected chi connectivity index (χ1v) is 9.90. The fourth-order valence-corrected chi connectivity index (χ4v) is 3.46. The number of sulfone groups is 1. The van der Waals surface area contributed by atoms with Gasteiger partial charge in [-0.15, -0.1) is 0 Å². The number of H-pyrrole nitrogens is 1. The number of nitrogens with zero attached hydrogens (tertiary/aromatic N) is 3. The molecule has 0 amide bonds. The maximum Gasteiger partial charge on any atom is 0.324 e. The van der Waals surface area contributed by atoms with Gasteiger partial charge in [-0.2, -0.15) is 10.1 Å². The molecule has 2 heterocycles. The van der Waals surface area contributed by atoms with Crippen molar-refractivity contribution in [1.29, 1.82) is 0 Å². The van der Waals surface area contributed by atoms with E-state index in [4.69, 9.17) is 4.74 Å². The molecule has 0 aliphatic carbocycles. The molecule has 11 heteroatoms. The molecule has 3 rings (SSSR count). The number of nitrogens with one attached hydrogen (secondary N) is 2. The number of aromatic nitrogens is 4. The Morgan fingerprint density at radius 3 is 2.81 bits per heavy atom. The van der Waals surface area contributed by atoms with Crippen LogP contribution in [-0.2, 0) is 9.84 Å². The molecule has 0 aliphatic heterocycles. The zero-order valence-electron chi connectivity index (χ0n) is 14.5. The molecule has 0 saturated heterocycles. The van der Waals surface area contributed by atoms with Crippen LogP contribution in [0, 0.1) is 11.6 Å². The second kappa shape index (κ2) is 7.43. The number of anilines is 1. The molecule has 0 spiro atoms. The van der Waals surface area contributed by atoms with Crippen molar-refractivity contribution < 1.29 is 21.9 Å². The number of ether oxygens (including phenoxy) is 1. The first-order valence-electron chi connectivity index (χ1n) is 8.08. The van der Waals surface area contributed by atoms with E-state index in [1.165, 1.54) is 6.20 Å². The van der Waals surface area contributed by atoms with Crippen LogP contribution in [-0.4, -0.2) is 46.1 Å². The Morgan fingerprint density at radius 1 is 1.33 bits per heavy atom. The smallest absolute Gasteiger partial charge is 0.324 e. The lowest BCUT2D eigenvalue weighted by Crippen LogP contribution is -2.26. The van der Waals surface area contributed by atoms with Gasteiger partial charge in [-0.1, -0.05) is 6.92 Å². The standard InChI is InChI=1S/C16H17F2N5O3S/c1-3-27(24,25)8-9(2)20-14-11-7-19-16(21-15(11)23-22-14)26-13-5-4-10(17)6-12(13)18/h4-7,9H,3,8H2,1-2H3,(H2,19,20,21,22,23). The number of hydrogen-bond acceptors (Lipinski definition) is 7. The molecule has 1 atom stereocenters. The number of benzene rings is 1. The van der Waals surface area contributed by atoms with Crippen LogP contribution in [0.1, 0.15) is 13.8 Å². The summed E-state index contributed by atoms with van der Waals surface area (Å²) in [5.74, 6) is -1.40. The number of aromatic amines is 1. The normalized spacial score (nSPS) is 12.9. The number of rotatable bonds is 7. The molecule has 0 radical (unpaired) electrons. The zero-order chi connectivity index (χ0) is 19.6. The zero-order valence-corrected chi connectivity index (χ0v) is 15.3. The van der Waals surface area contributed by atoms with Crippen molar-refractivity contribution in [3.63, 3.8) is 0 Å². The summed E-state index contributed by atoms with van der Waals surface area (Å²) in [4.78, 5) is 8.07. The maximum atomic E-state index is 13.7. The van der Waals surface area contributed by atoms with Gasteiger partial charge in [0.05, 0.1) is 11.1 Å². The molecule has 0 aliphatic rings. The summed E-state index contributed by atoms with van der Waals surface area (Å²) in [7, 11) is -3.14. The second-order valence-corrected chi connectivity index (χ2v) is 8.31. The molecular formula is C16H17F2N5O3S. The molecular weight excluding hydrogens is 380 g/mol. The van der Waals surface area contributed by atoms with Crippen LogP contribution in [0.5, 0.6) is 11.8 Å². The summed E-state index contributed by atoms with van der Waals surface area (Å²) in [6, 6.07) is 2.36. The number of hydrogen-bond donors (Lipinski definition) is 2. The predicted molar refractivity (Wildman–Crippen MR) is 95.5 cm³/mol. The van der Waals surface area contributed by atoms with Gasteiger partial charge in [-0.05, 0) is 19.1 Å². The van der Waals surface area contributed by atoms with Crippen LogP contribution in [0.25, 0.3) is 11.0 Å². The van der Waals surface area contributed by atoms with Gasteiger partial charge in [0.15, 0.2) is 32.9 Å². The summed E-state index contributed by atoms with van der Waals surface area (Å²) in [5.41, 5.74) is 0.315. The quantitative estimate of drug-likeness (QED) is 0.631. The topological polar surface area (TPSA) is 110 Å². The molecule has 0 bridgehead atoms. The maximum absolute atomic E-state index is 13.7. The molecule has 2 N–H and O–H groups in total. The molecule has 0 fully saturated rings. The lowest BCUT2D eigenvalue weighted by atomic mass is 10.3. The van der Waals surface area contributed by atoms with E-state index in [0.29, 0.717) is 22.9 Å². The Bertz CT molecular complexity index is 1070. The van der Waals surface area contributed by atoms with Crippen LogP contribution in [0.4, 0.5) is 14.6 Å². The number of halogens is 2. The van der Waals surface area contributed by atoms with Crippen molar-refractivity contribution in [2.45, 2.75) is 19.9 Å². The van der Waals surface area contributed by atoms with Crippen molar-refractivity contribution >= 4 is 26.7 Å². The van der Waals surface area contributed by atoms with Gasteiger partial charge in [0.2, 0.25) is 0 Å². The van der Waals surface area contributed by atoms with Gasteiger partial charge in [0, 0.05) is 24.1 Å². The summed E-state index contributed by atoms with van der Waals surface area (Å²) >= 11 is 0. The van der Waals surface area contributed by atoms with Crippen molar-refractivity contribution in [2.75, 3.05) is 16.8 Å². The molecule has 3 aromatic rings. The minimum atomic E-state index is -3.14. The molecule has 8 nitrogen and oxygen atoms in total. The average Bonchev–Trinajstić information content (AvgIpc) is 2.99. The fourth-order valence-electron chi connectivity index (χ4n) is 2.38. The highest BCUT2D eigenvalue weighted by molar-refractivity contribution is 7.91. The average molecular weight is 397 g/mol. The van der Waals surface area contributed by atoms with Crippen molar-refractivity contribution in [1.82, 2.24) is 20.2 Å². The Kier molecular flexibility index (Phi) is 5.22. The van der Waals surface area contributed by atoms with E-state index in [1.807, 2.05) is 0 Å². The minimum absolute atomic E-state index is 0.0379. The predicted octanol–water partition coefficient (Wildman–Crippen LogP) is 2.66. The molecule has 2 aromatic heterocycles. The third kappa shape index (κ3) is 4.48. The summed E-state index contributed by atoms with van der Waals surface area (Å²) in [6.07, 6.45) is 1.41. The van der Waals surface area contributed by atoms with Gasteiger partial charge < -0.3 is 10.1 Å².